The number of nitrogens with zero attached hydrogens (tertiary/aromatic N) is 1. The highest BCUT2D eigenvalue weighted by atomic mass is 16.4. The van der Waals surface area contributed by atoms with Gasteiger partial charge in [-0.15, -0.1) is 0 Å². The topological polar surface area (TPSA) is 60.8 Å². The van der Waals surface area contributed by atoms with Crippen molar-refractivity contribution in [3.63, 3.8) is 0 Å². The van der Waals surface area contributed by atoms with Gasteiger partial charge < -0.3 is 15.1 Å². The molecule has 0 aromatic heterocycles. The molecule has 1 heterocycles. The van der Waals surface area contributed by atoms with E-state index in [2.05, 4.69) is 4.90 Å². The van der Waals surface area contributed by atoms with Crippen LogP contribution in [0.2, 0.25) is 0 Å². The lowest BCUT2D eigenvalue weighted by atomic mass is 9.94. The molecule has 0 atom stereocenters. The molecule has 82 valence electrons. The van der Waals surface area contributed by atoms with Gasteiger partial charge in [0.15, 0.2) is 0 Å². The van der Waals surface area contributed by atoms with Crippen LogP contribution in [0.4, 0.5) is 0 Å². The number of aliphatic hydroxyl groups is 1. The monoisotopic (exact) mass is 201 g/mol. The van der Waals surface area contributed by atoms with Crippen molar-refractivity contribution in [2.75, 3.05) is 19.6 Å². The maximum absolute atomic E-state index is 10.3. The van der Waals surface area contributed by atoms with E-state index in [-0.39, 0.29) is 6.42 Å². The maximum Gasteiger partial charge on any atom is 0.303 e. The molecular weight excluding hydrogens is 182 g/mol. The summed E-state index contributed by atoms with van der Waals surface area (Å²) < 4.78 is 0. The molecule has 4 heteroatoms. The van der Waals surface area contributed by atoms with E-state index in [9.17, 15) is 9.90 Å². The summed E-state index contributed by atoms with van der Waals surface area (Å²) in [6.07, 6.45) is 2.53. The Kier molecular flexibility index (Phi) is 3.89. The second-order valence-corrected chi connectivity index (χ2v) is 4.34. The molecule has 1 aliphatic heterocycles. The maximum atomic E-state index is 10.3. The summed E-state index contributed by atoms with van der Waals surface area (Å²) in [4.78, 5) is 12.5. The summed E-state index contributed by atoms with van der Waals surface area (Å²) in [5.74, 6) is -0.728. The van der Waals surface area contributed by atoms with Crippen molar-refractivity contribution in [1.82, 2.24) is 4.90 Å². The van der Waals surface area contributed by atoms with Crippen LogP contribution in [0.3, 0.4) is 0 Å². The molecule has 0 spiro atoms. The fourth-order valence-electron chi connectivity index (χ4n) is 1.71. The fourth-order valence-corrected chi connectivity index (χ4v) is 1.71. The molecule has 0 amide bonds. The fraction of sp³-hybridized carbons (Fsp3) is 0.900. The number of carbonyl (C=O) groups is 1. The highest BCUT2D eigenvalue weighted by Gasteiger charge is 2.26. The van der Waals surface area contributed by atoms with Crippen LogP contribution in [0.15, 0.2) is 0 Å². The number of carboxylic acids is 1. The second-order valence-electron chi connectivity index (χ2n) is 4.34. The van der Waals surface area contributed by atoms with Crippen LogP contribution in [0, 0.1) is 0 Å². The third-order valence-electron chi connectivity index (χ3n) is 2.80. The lowest BCUT2D eigenvalue weighted by Crippen LogP contribution is -2.42. The zero-order valence-corrected chi connectivity index (χ0v) is 8.70. The van der Waals surface area contributed by atoms with Crippen molar-refractivity contribution < 1.29 is 15.0 Å². The Morgan fingerprint density at radius 3 is 2.50 bits per heavy atom. The van der Waals surface area contributed by atoms with Crippen LogP contribution in [0.25, 0.3) is 0 Å². The van der Waals surface area contributed by atoms with Crippen LogP contribution < -0.4 is 0 Å². The van der Waals surface area contributed by atoms with E-state index in [1.165, 1.54) is 0 Å². The first-order valence-electron chi connectivity index (χ1n) is 5.16. The number of hydrogen-bond acceptors (Lipinski definition) is 3. The molecule has 1 fully saturated rings. The van der Waals surface area contributed by atoms with Crippen molar-refractivity contribution in [1.29, 1.82) is 0 Å². The van der Waals surface area contributed by atoms with Crippen LogP contribution in [0.1, 0.15) is 32.6 Å². The van der Waals surface area contributed by atoms with Gasteiger partial charge in [-0.25, -0.2) is 0 Å². The van der Waals surface area contributed by atoms with Crippen molar-refractivity contribution in [3.05, 3.63) is 0 Å². The van der Waals surface area contributed by atoms with E-state index < -0.39 is 11.6 Å². The highest BCUT2D eigenvalue weighted by molar-refractivity contribution is 5.66. The third kappa shape index (κ3) is 4.07. The standard InChI is InChI=1S/C10H19NO3/c1-10(14)4-7-11(8-5-10)6-2-3-9(12)13/h14H,2-8H2,1H3,(H,12,13). The molecule has 0 saturated carbocycles. The molecule has 1 rings (SSSR count). The van der Waals surface area contributed by atoms with E-state index in [0.717, 1.165) is 32.5 Å². The van der Waals surface area contributed by atoms with Crippen molar-refractivity contribution in [3.8, 4) is 0 Å². The predicted molar refractivity (Wildman–Crippen MR) is 53.2 cm³/mol. The second kappa shape index (κ2) is 4.75. The van der Waals surface area contributed by atoms with Crippen molar-refractivity contribution in [2.24, 2.45) is 0 Å². The minimum Gasteiger partial charge on any atom is -0.481 e. The van der Waals surface area contributed by atoms with Gasteiger partial charge in [-0.3, -0.25) is 4.79 Å². The van der Waals surface area contributed by atoms with Gasteiger partial charge in [0.2, 0.25) is 0 Å². The average molecular weight is 201 g/mol. The molecule has 14 heavy (non-hydrogen) atoms. The molecule has 0 unspecified atom stereocenters. The van der Waals surface area contributed by atoms with E-state index in [0.29, 0.717) is 6.42 Å². The zero-order valence-electron chi connectivity index (χ0n) is 8.70. The average Bonchev–Trinajstić information content (AvgIpc) is 2.07. The van der Waals surface area contributed by atoms with Crippen LogP contribution in [0.5, 0.6) is 0 Å². The normalized spacial score (nSPS) is 22.1. The first-order valence-corrected chi connectivity index (χ1v) is 5.16. The SMILES string of the molecule is CC1(O)CCN(CCCC(=O)O)CC1. The van der Waals surface area contributed by atoms with Gasteiger partial charge in [0, 0.05) is 19.5 Å². The molecule has 4 nitrogen and oxygen atoms in total. The lowest BCUT2D eigenvalue weighted by Gasteiger charge is -2.35. The zero-order chi connectivity index (χ0) is 10.6. The summed E-state index contributed by atoms with van der Waals surface area (Å²) in [6.45, 7) is 4.46. The van der Waals surface area contributed by atoms with E-state index in [1.807, 2.05) is 6.92 Å². The molecule has 0 aromatic rings. The third-order valence-corrected chi connectivity index (χ3v) is 2.80. The molecule has 0 radical (unpaired) electrons. The molecule has 1 aliphatic rings. The molecule has 1 saturated heterocycles. The summed E-state index contributed by atoms with van der Waals surface area (Å²) in [7, 11) is 0. The van der Waals surface area contributed by atoms with E-state index in [1.54, 1.807) is 0 Å². The minimum absolute atomic E-state index is 0.243. The number of carboxylic acid groups (broad SMARTS) is 1. The van der Waals surface area contributed by atoms with Gasteiger partial charge in [0.25, 0.3) is 0 Å². The first kappa shape index (κ1) is 11.5. The number of likely N-dealkylation sites (tertiary alicyclic amines) is 1. The summed E-state index contributed by atoms with van der Waals surface area (Å²) >= 11 is 0. The number of aliphatic carboxylic acids is 1. The van der Waals surface area contributed by atoms with Crippen LogP contribution in [-0.4, -0.2) is 46.3 Å². The highest BCUT2D eigenvalue weighted by Crippen LogP contribution is 2.20. The predicted octanol–water partition coefficient (Wildman–Crippen LogP) is 0.698. The van der Waals surface area contributed by atoms with Gasteiger partial charge in [0.1, 0.15) is 0 Å². The first-order chi connectivity index (χ1) is 6.49. The smallest absolute Gasteiger partial charge is 0.303 e. The summed E-state index contributed by atoms with van der Waals surface area (Å²) in [5.41, 5.74) is -0.511. The Hall–Kier alpha value is -0.610. The largest absolute Gasteiger partial charge is 0.481 e. The Morgan fingerprint density at radius 2 is 2.00 bits per heavy atom. The Morgan fingerprint density at radius 1 is 1.43 bits per heavy atom. The van der Waals surface area contributed by atoms with Gasteiger partial charge >= 0.3 is 5.97 Å². The number of hydrogen-bond donors (Lipinski definition) is 2. The van der Waals surface area contributed by atoms with Gasteiger partial charge in [-0.05, 0) is 32.7 Å². The van der Waals surface area contributed by atoms with Gasteiger partial charge in [0.05, 0.1) is 5.60 Å². The Labute approximate surface area is 84.5 Å². The number of piperidine rings is 1. The summed E-state index contributed by atoms with van der Waals surface area (Å²) in [6, 6.07) is 0. The lowest BCUT2D eigenvalue weighted by molar-refractivity contribution is -0.137. The van der Waals surface area contributed by atoms with E-state index in [4.69, 9.17) is 5.11 Å². The van der Waals surface area contributed by atoms with Crippen molar-refractivity contribution in [2.45, 2.75) is 38.2 Å². The van der Waals surface area contributed by atoms with Gasteiger partial charge in [-0.1, -0.05) is 0 Å². The molecular formula is C10H19NO3. The molecule has 2 N–H and O–H groups in total. The number of rotatable bonds is 4. The summed E-state index contributed by atoms with van der Waals surface area (Å²) in [5, 5.41) is 18.2. The van der Waals surface area contributed by atoms with Crippen LogP contribution >= 0.6 is 0 Å². The quantitative estimate of drug-likeness (QED) is 0.703. The van der Waals surface area contributed by atoms with Gasteiger partial charge in [-0.2, -0.15) is 0 Å². The minimum atomic E-state index is -0.728. The van der Waals surface area contributed by atoms with Crippen LogP contribution in [-0.2, 0) is 4.79 Å². The molecule has 0 aliphatic carbocycles. The molecule has 0 bridgehead atoms. The van der Waals surface area contributed by atoms with Crippen molar-refractivity contribution >= 4 is 5.97 Å². The molecule has 0 aromatic carbocycles. The Bertz CT molecular complexity index is 194. The van der Waals surface area contributed by atoms with E-state index >= 15 is 0 Å². The Balaban J connectivity index is 2.13.